The van der Waals surface area contributed by atoms with Crippen molar-refractivity contribution in [2.24, 2.45) is 5.92 Å². The van der Waals surface area contributed by atoms with E-state index in [4.69, 9.17) is 4.74 Å². The molecule has 1 aromatic carbocycles. The second-order valence-corrected chi connectivity index (χ2v) is 8.29. The Bertz CT molecular complexity index is 932. The number of methoxy groups -OCH3 is 1. The van der Waals surface area contributed by atoms with Gasteiger partial charge in [-0.2, -0.15) is 0 Å². The molecule has 196 valence electrons. The number of carbonyl (C=O) groups excluding carboxylic acids is 3. The number of rotatable bonds is 5. The van der Waals surface area contributed by atoms with Gasteiger partial charge < -0.3 is 14.8 Å². The van der Waals surface area contributed by atoms with Gasteiger partial charge in [0.15, 0.2) is 0 Å². The average Bonchev–Trinajstić information content (AvgIpc) is 3.25. The fourth-order valence-corrected chi connectivity index (χ4v) is 4.39. The van der Waals surface area contributed by atoms with Crippen molar-refractivity contribution in [3.05, 3.63) is 41.5 Å². The van der Waals surface area contributed by atoms with Crippen LogP contribution in [0.5, 0.6) is 0 Å². The largest absolute Gasteiger partial charge is 0.465 e. The van der Waals surface area contributed by atoms with Gasteiger partial charge in [0.1, 0.15) is 22.7 Å². The first-order valence-electron chi connectivity index (χ1n) is 11.8. The Hall–Kier alpha value is -2.81. The fraction of sp³-hybridized carbons (Fsp3) is 0.500. The molecule has 1 fully saturated rings. The Morgan fingerprint density at radius 2 is 1.77 bits per heavy atom. The summed E-state index contributed by atoms with van der Waals surface area (Å²) >= 11 is 0.995. The van der Waals surface area contributed by atoms with Crippen LogP contribution in [-0.2, 0) is 19.1 Å². The minimum Gasteiger partial charge on any atom is -0.465 e. The van der Waals surface area contributed by atoms with Gasteiger partial charge in [-0.15, -0.1) is 11.3 Å². The fourth-order valence-electron chi connectivity index (χ4n) is 3.36. The molecule has 0 spiro atoms. The summed E-state index contributed by atoms with van der Waals surface area (Å²) in [6, 6.07) is 4.52. The van der Waals surface area contributed by atoms with Crippen molar-refractivity contribution in [2.45, 2.75) is 73.3 Å². The molecule has 1 amide bonds. The first kappa shape index (κ1) is 32.2. The number of carbonyl (C=O) groups is 3. The Balaban J connectivity index is 0.000000652. The normalized spacial score (nSPS) is 16.0. The predicted octanol–water partition coefficient (Wildman–Crippen LogP) is 7.23. The second-order valence-electron chi connectivity index (χ2n) is 7.23. The lowest BCUT2D eigenvalue weighted by Gasteiger charge is -2.25. The van der Waals surface area contributed by atoms with Crippen molar-refractivity contribution in [2.75, 3.05) is 12.4 Å². The molecule has 1 unspecified atom stereocenters. The van der Waals surface area contributed by atoms with Crippen LogP contribution in [0.25, 0.3) is 10.4 Å². The molecule has 9 heteroatoms. The molecule has 35 heavy (non-hydrogen) atoms. The third-order valence-corrected chi connectivity index (χ3v) is 5.84. The Kier molecular flexibility index (Phi) is 16.2. The highest BCUT2D eigenvalue weighted by Crippen LogP contribution is 2.37. The van der Waals surface area contributed by atoms with E-state index in [9.17, 15) is 23.2 Å². The highest BCUT2D eigenvalue weighted by molar-refractivity contribution is 7.20. The molecule has 0 radical (unpaired) electrons. The van der Waals surface area contributed by atoms with E-state index in [1.807, 2.05) is 27.7 Å². The van der Waals surface area contributed by atoms with Crippen LogP contribution in [0.1, 0.15) is 77.6 Å². The van der Waals surface area contributed by atoms with Gasteiger partial charge in [-0.1, -0.05) is 41.0 Å². The number of anilines is 1. The van der Waals surface area contributed by atoms with Crippen molar-refractivity contribution in [1.82, 2.24) is 0 Å². The van der Waals surface area contributed by atoms with E-state index in [1.54, 1.807) is 0 Å². The lowest BCUT2D eigenvalue weighted by atomic mass is 9.89. The number of hydrogen-bond donors (Lipinski definition) is 1. The Morgan fingerprint density at radius 3 is 2.29 bits per heavy atom. The summed E-state index contributed by atoms with van der Waals surface area (Å²) in [6.07, 6.45) is 5.22. The monoisotopic (exact) mass is 513 g/mol. The quantitative estimate of drug-likeness (QED) is 0.337. The maximum atomic E-state index is 13.7. The molecule has 1 aromatic heterocycles. The van der Waals surface area contributed by atoms with Crippen LogP contribution in [0, 0.1) is 17.6 Å². The minimum absolute atomic E-state index is 0.114. The number of halogens is 2. The summed E-state index contributed by atoms with van der Waals surface area (Å²) in [5.74, 6) is -1.50. The first-order chi connectivity index (χ1) is 16.7. The van der Waals surface area contributed by atoms with E-state index in [0.29, 0.717) is 11.3 Å². The van der Waals surface area contributed by atoms with Crippen molar-refractivity contribution in [3.8, 4) is 10.4 Å². The number of esters is 2. The number of hydrogen-bond acceptors (Lipinski definition) is 6. The number of nitrogens with one attached hydrogen (secondary N) is 1. The number of benzene rings is 1. The molecule has 1 N–H and O–H groups in total. The van der Waals surface area contributed by atoms with Crippen molar-refractivity contribution < 1.29 is 32.6 Å². The minimum atomic E-state index is -0.750. The molecule has 2 aromatic rings. The summed E-state index contributed by atoms with van der Waals surface area (Å²) in [4.78, 5) is 33.1. The van der Waals surface area contributed by atoms with E-state index in [-0.39, 0.29) is 28.2 Å². The highest BCUT2D eigenvalue weighted by Gasteiger charge is 2.21. The lowest BCUT2D eigenvalue weighted by molar-refractivity contribution is -0.148. The Labute approximate surface area is 211 Å². The SMILES string of the molecule is CC.CC.CC(=O)O[C@@H]1CCCC(C)C1.COC(=O)c1cc(-c2ccc(F)cc2F)sc1NC=O. The molecule has 6 nitrogen and oxygen atoms in total. The zero-order valence-electron chi connectivity index (χ0n) is 21.6. The van der Waals surface area contributed by atoms with Crippen molar-refractivity contribution >= 4 is 34.7 Å². The van der Waals surface area contributed by atoms with Crippen LogP contribution in [0.4, 0.5) is 13.8 Å². The van der Waals surface area contributed by atoms with Crippen LogP contribution < -0.4 is 5.32 Å². The molecule has 1 saturated carbocycles. The van der Waals surface area contributed by atoms with Crippen molar-refractivity contribution in [3.63, 3.8) is 0 Å². The molecule has 3 rings (SSSR count). The molecular formula is C26H37F2NO5S. The van der Waals surface area contributed by atoms with Gasteiger partial charge in [0, 0.05) is 23.4 Å². The molecular weight excluding hydrogens is 476 g/mol. The number of thiophene rings is 1. The summed E-state index contributed by atoms with van der Waals surface area (Å²) in [7, 11) is 1.20. The standard InChI is InChI=1S/C13H9F2NO3S.C9H16O2.2C2H6/c1-19-13(18)9-5-11(20-12(9)16-6-17)8-3-2-7(14)4-10(8)15;1-7-4-3-5-9(6-7)11-8(2)10;2*1-2/h2-6H,1H3,(H,16,17);7,9H,3-6H2,1-2H3;2*1-2H3/t;7?,9-;;/m.1../s1. The van der Waals surface area contributed by atoms with Gasteiger partial charge in [0.25, 0.3) is 0 Å². The lowest BCUT2D eigenvalue weighted by Crippen LogP contribution is -2.23. The molecule has 0 aliphatic heterocycles. The topological polar surface area (TPSA) is 81.7 Å². The smallest absolute Gasteiger partial charge is 0.340 e. The van der Waals surface area contributed by atoms with Gasteiger partial charge >= 0.3 is 11.9 Å². The van der Waals surface area contributed by atoms with Crippen LogP contribution in [0.15, 0.2) is 24.3 Å². The zero-order valence-corrected chi connectivity index (χ0v) is 22.4. The molecule has 2 atom stereocenters. The van der Waals surface area contributed by atoms with Crippen LogP contribution in [0.2, 0.25) is 0 Å². The number of ether oxygens (including phenoxy) is 2. The van der Waals surface area contributed by atoms with Crippen LogP contribution in [0.3, 0.4) is 0 Å². The molecule has 0 saturated heterocycles. The molecule has 1 aliphatic rings. The first-order valence-corrected chi connectivity index (χ1v) is 12.6. The van der Waals surface area contributed by atoms with E-state index in [0.717, 1.165) is 42.2 Å². The number of amides is 1. The van der Waals surface area contributed by atoms with E-state index in [2.05, 4.69) is 17.0 Å². The summed E-state index contributed by atoms with van der Waals surface area (Å²) in [5.41, 5.74) is 0.254. The van der Waals surface area contributed by atoms with Crippen LogP contribution >= 0.6 is 11.3 Å². The zero-order chi connectivity index (χ0) is 27.0. The molecule has 0 bridgehead atoms. The van der Waals surface area contributed by atoms with Gasteiger partial charge in [0.05, 0.1) is 12.7 Å². The third-order valence-electron chi connectivity index (χ3n) is 4.74. The van der Waals surface area contributed by atoms with Crippen LogP contribution in [-0.4, -0.2) is 31.6 Å². The third kappa shape index (κ3) is 11.0. The van der Waals surface area contributed by atoms with Gasteiger partial charge in [-0.25, -0.2) is 13.6 Å². The highest BCUT2D eigenvalue weighted by atomic mass is 32.1. The maximum Gasteiger partial charge on any atom is 0.340 e. The Morgan fingerprint density at radius 1 is 1.11 bits per heavy atom. The summed E-state index contributed by atoms with van der Waals surface area (Å²) in [6.45, 7) is 11.7. The van der Waals surface area contributed by atoms with Gasteiger partial charge in [-0.05, 0) is 43.4 Å². The summed E-state index contributed by atoms with van der Waals surface area (Å²) < 4.78 is 36.3. The molecule has 1 heterocycles. The van der Waals surface area contributed by atoms with Crippen molar-refractivity contribution in [1.29, 1.82) is 0 Å². The summed E-state index contributed by atoms with van der Waals surface area (Å²) in [5, 5.41) is 2.59. The predicted molar refractivity (Wildman–Crippen MR) is 137 cm³/mol. The van der Waals surface area contributed by atoms with E-state index < -0.39 is 17.6 Å². The second kappa shape index (κ2) is 17.6. The maximum absolute atomic E-state index is 13.7. The molecule has 1 aliphatic carbocycles. The van der Waals surface area contributed by atoms with E-state index >= 15 is 0 Å². The average molecular weight is 514 g/mol. The van der Waals surface area contributed by atoms with E-state index in [1.165, 1.54) is 39.0 Å². The van der Waals surface area contributed by atoms with Gasteiger partial charge in [-0.3, -0.25) is 9.59 Å². The van der Waals surface area contributed by atoms with Gasteiger partial charge in [0.2, 0.25) is 6.41 Å².